The highest BCUT2D eigenvalue weighted by Crippen LogP contribution is 2.60. The zero-order chi connectivity index (χ0) is 20.5. The Morgan fingerprint density at radius 1 is 0.931 bits per heavy atom. The Hall–Kier alpha value is -2.51. The number of nitrogens with zero attached hydrogens (tertiary/aromatic N) is 1. The summed E-state index contributed by atoms with van der Waals surface area (Å²) in [6, 6.07) is 8.32. The van der Waals surface area contributed by atoms with Crippen LogP contribution < -0.4 is 20.1 Å². The van der Waals surface area contributed by atoms with Gasteiger partial charge in [-0.2, -0.15) is 0 Å². The third kappa shape index (κ3) is 4.41. The molecular weight excluding hydrogens is 417 g/mol. The van der Waals surface area contributed by atoms with Crippen LogP contribution in [0.4, 0.5) is 0 Å². The van der Waals surface area contributed by atoms with Crippen molar-refractivity contribution in [3.05, 3.63) is 52.8 Å². The Kier molecular flexibility index (Phi) is 5.27. The zero-order valence-electron chi connectivity index (χ0n) is 15.4. The second-order valence-electron chi connectivity index (χ2n) is 7.53. The van der Waals surface area contributed by atoms with Crippen LogP contribution in [-0.4, -0.2) is 41.1 Å². The van der Waals surface area contributed by atoms with Crippen LogP contribution in [0.1, 0.15) is 19.3 Å². The molecule has 0 atom stereocenters. The highest BCUT2D eigenvalue weighted by Gasteiger charge is 2.69. The van der Waals surface area contributed by atoms with Crippen molar-refractivity contribution in [1.29, 1.82) is 0 Å². The third-order valence-electron chi connectivity index (χ3n) is 5.10. The van der Waals surface area contributed by atoms with Crippen LogP contribution in [0.15, 0.2) is 42.7 Å². The Morgan fingerprint density at radius 2 is 1.55 bits per heavy atom. The standard InChI is InChI=1S/C20H19Cl2N3O4/c21-15-4-3-13(6-16(15)22)28-8-17(26)24-19-10-20(11-19,12-19)25-18(27)9-29-14-2-1-5-23-7-14/h1-7H,8-12H2,(H,24,26)(H,25,27). The Morgan fingerprint density at radius 3 is 2.10 bits per heavy atom. The van der Waals surface area contributed by atoms with Gasteiger partial charge in [-0.3, -0.25) is 14.6 Å². The van der Waals surface area contributed by atoms with Crippen molar-refractivity contribution in [2.24, 2.45) is 0 Å². The lowest BCUT2D eigenvalue weighted by Gasteiger charge is -2.70. The van der Waals surface area contributed by atoms with Gasteiger partial charge in [0, 0.05) is 23.3 Å². The fourth-order valence-electron chi connectivity index (χ4n) is 4.01. The normalized spacial score (nSPS) is 23.9. The van der Waals surface area contributed by atoms with Crippen molar-refractivity contribution < 1.29 is 19.1 Å². The summed E-state index contributed by atoms with van der Waals surface area (Å²) in [6.45, 7) is -0.178. The van der Waals surface area contributed by atoms with Gasteiger partial charge in [0.05, 0.1) is 16.2 Å². The van der Waals surface area contributed by atoms with E-state index in [1.165, 1.54) is 0 Å². The number of benzene rings is 1. The molecule has 3 fully saturated rings. The van der Waals surface area contributed by atoms with Crippen molar-refractivity contribution in [1.82, 2.24) is 15.6 Å². The van der Waals surface area contributed by atoms with Crippen LogP contribution in [0, 0.1) is 0 Å². The lowest BCUT2D eigenvalue weighted by molar-refractivity contribution is -0.151. The summed E-state index contributed by atoms with van der Waals surface area (Å²) in [4.78, 5) is 28.2. The van der Waals surface area contributed by atoms with E-state index in [0.29, 0.717) is 40.8 Å². The molecule has 3 aliphatic rings. The monoisotopic (exact) mass is 435 g/mol. The van der Waals surface area contributed by atoms with Gasteiger partial charge < -0.3 is 20.1 Å². The first kappa shape index (κ1) is 19.8. The Labute approximate surface area is 177 Å². The van der Waals surface area contributed by atoms with Crippen molar-refractivity contribution in [3.8, 4) is 11.5 Å². The Bertz CT molecular complexity index is 919. The molecule has 152 valence electrons. The second kappa shape index (κ2) is 7.72. The highest BCUT2D eigenvalue weighted by atomic mass is 35.5. The van der Waals surface area contributed by atoms with Crippen LogP contribution >= 0.6 is 23.2 Å². The molecule has 1 aromatic carbocycles. The van der Waals surface area contributed by atoms with E-state index in [2.05, 4.69) is 15.6 Å². The van der Waals surface area contributed by atoms with Gasteiger partial charge >= 0.3 is 0 Å². The molecular formula is C20H19Cl2N3O4. The molecule has 2 N–H and O–H groups in total. The lowest BCUT2D eigenvalue weighted by Crippen LogP contribution is -2.84. The second-order valence-corrected chi connectivity index (χ2v) is 8.34. The molecule has 0 radical (unpaired) electrons. The van der Waals surface area contributed by atoms with E-state index >= 15 is 0 Å². The number of amides is 2. The fraction of sp³-hybridized carbons (Fsp3) is 0.350. The minimum atomic E-state index is -0.254. The van der Waals surface area contributed by atoms with Gasteiger partial charge in [0.15, 0.2) is 13.2 Å². The number of rotatable bonds is 8. The molecule has 2 bridgehead atoms. The molecule has 3 aliphatic carbocycles. The molecule has 1 heterocycles. The molecule has 2 aromatic rings. The maximum absolute atomic E-state index is 12.2. The average Bonchev–Trinajstić information content (AvgIpc) is 2.65. The zero-order valence-corrected chi connectivity index (χ0v) is 16.9. The summed E-state index contributed by atoms with van der Waals surface area (Å²) in [5, 5.41) is 6.80. The topological polar surface area (TPSA) is 89.5 Å². The number of hydrogen-bond acceptors (Lipinski definition) is 5. The molecule has 3 saturated carbocycles. The number of carbonyl (C=O) groups is 2. The molecule has 5 rings (SSSR count). The maximum atomic E-state index is 12.2. The van der Waals surface area contributed by atoms with Gasteiger partial charge in [-0.1, -0.05) is 23.2 Å². The summed E-state index contributed by atoms with van der Waals surface area (Å²) in [7, 11) is 0. The third-order valence-corrected chi connectivity index (χ3v) is 5.84. The number of ether oxygens (including phenoxy) is 2. The first-order chi connectivity index (χ1) is 13.9. The maximum Gasteiger partial charge on any atom is 0.258 e. The van der Waals surface area contributed by atoms with Crippen molar-refractivity contribution in [3.63, 3.8) is 0 Å². The van der Waals surface area contributed by atoms with E-state index < -0.39 is 0 Å². The van der Waals surface area contributed by atoms with Crippen LogP contribution in [0.5, 0.6) is 11.5 Å². The van der Waals surface area contributed by atoms with Crippen LogP contribution in [0.3, 0.4) is 0 Å². The minimum absolute atomic E-state index is 0.0652. The lowest BCUT2D eigenvalue weighted by atomic mass is 9.44. The van der Waals surface area contributed by atoms with E-state index in [4.69, 9.17) is 32.7 Å². The van der Waals surface area contributed by atoms with Crippen LogP contribution in [-0.2, 0) is 9.59 Å². The summed E-state index contributed by atoms with van der Waals surface area (Å²) >= 11 is 11.8. The molecule has 7 nitrogen and oxygen atoms in total. The van der Waals surface area contributed by atoms with Crippen LogP contribution in [0.2, 0.25) is 10.0 Å². The average molecular weight is 436 g/mol. The van der Waals surface area contributed by atoms with Crippen molar-refractivity contribution in [2.45, 2.75) is 30.3 Å². The Balaban J connectivity index is 1.17. The summed E-state index contributed by atoms with van der Waals surface area (Å²) in [6.07, 6.45) is 5.31. The molecule has 0 spiro atoms. The van der Waals surface area contributed by atoms with E-state index in [1.807, 2.05) is 0 Å². The molecule has 0 saturated heterocycles. The summed E-state index contributed by atoms with van der Waals surface area (Å²) in [5.74, 6) is 0.627. The van der Waals surface area contributed by atoms with E-state index in [-0.39, 0.29) is 36.1 Å². The smallest absolute Gasteiger partial charge is 0.258 e. The molecule has 0 aliphatic heterocycles. The van der Waals surface area contributed by atoms with Gasteiger partial charge in [-0.05, 0) is 43.5 Å². The van der Waals surface area contributed by atoms with Crippen molar-refractivity contribution in [2.75, 3.05) is 13.2 Å². The van der Waals surface area contributed by atoms with Gasteiger partial charge in [0.2, 0.25) is 0 Å². The summed E-state index contributed by atoms with van der Waals surface area (Å²) < 4.78 is 10.9. The first-order valence-corrected chi connectivity index (χ1v) is 9.85. The quantitative estimate of drug-likeness (QED) is 0.665. The highest BCUT2D eigenvalue weighted by molar-refractivity contribution is 6.42. The molecule has 9 heteroatoms. The summed E-state index contributed by atoms with van der Waals surface area (Å²) in [5.41, 5.74) is -0.497. The predicted octanol–water partition coefficient (Wildman–Crippen LogP) is 2.75. The van der Waals surface area contributed by atoms with E-state index in [9.17, 15) is 9.59 Å². The molecule has 1 aromatic heterocycles. The van der Waals surface area contributed by atoms with Gasteiger partial charge in [0.25, 0.3) is 11.8 Å². The largest absolute Gasteiger partial charge is 0.484 e. The van der Waals surface area contributed by atoms with Crippen LogP contribution in [0.25, 0.3) is 0 Å². The number of carbonyl (C=O) groups excluding carboxylic acids is 2. The molecule has 2 amide bonds. The van der Waals surface area contributed by atoms with Gasteiger partial charge in [0.1, 0.15) is 11.5 Å². The van der Waals surface area contributed by atoms with E-state index in [0.717, 1.165) is 0 Å². The van der Waals surface area contributed by atoms with Gasteiger partial charge in [-0.25, -0.2) is 0 Å². The van der Waals surface area contributed by atoms with Crippen molar-refractivity contribution >= 4 is 35.0 Å². The number of pyridine rings is 1. The molecule has 0 unspecified atom stereocenters. The first-order valence-electron chi connectivity index (χ1n) is 9.10. The van der Waals surface area contributed by atoms with E-state index in [1.54, 1.807) is 42.7 Å². The fourth-order valence-corrected chi connectivity index (χ4v) is 4.30. The number of nitrogens with one attached hydrogen (secondary N) is 2. The number of aromatic nitrogens is 1. The number of halogens is 2. The minimum Gasteiger partial charge on any atom is -0.484 e. The number of hydrogen-bond donors (Lipinski definition) is 2. The predicted molar refractivity (Wildman–Crippen MR) is 107 cm³/mol. The van der Waals surface area contributed by atoms with Gasteiger partial charge in [-0.15, -0.1) is 0 Å². The molecule has 29 heavy (non-hydrogen) atoms. The SMILES string of the molecule is O=C(COc1cccnc1)NC12CC(NC(=O)COc3ccc(Cl)c(Cl)c3)(C1)C2.